The van der Waals surface area contributed by atoms with E-state index in [-0.39, 0.29) is 0 Å². The van der Waals surface area contributed by atoms with E-state index in [1.807, 2.05) is 42.5 Å². The molecule has 0 unspecified atom stereocenters. The number of nitrogens with two attached hydrogens (primary N) is 1. The maximum absolute atomic E-state index is 5.72. The number of nitrogen functional groups attached to an aromatic ring is 1. The van der Waals surface area contributed by atoms with Gasteiger partial charge in [0, 0.05) is 5.69 Å². The molecular formula is C16H19NO2. The van der Waals surface area contributed by atoms with Gasteiger partial charge >= 0.3 is 0 Å². The highest BCUT2D eigenvalue weighted by Gasteiger charge is 2.00. The molecule has 0 fully saturated rings. The summed E-state index contributed by atoms with van der Waals surface area (Å²) in [4.78, 5) is 0. The monoisotopic (exact) mass is 257 g/mol. The van der Waals surface area contributed by atoms with E-state index in [9.17, 15) is 0 Å². The lowest BCUT2D eigenvalue weighted by atomic mass is 10.1. The normalized spacial score (nSPS) is 10.2. The summed E-state index contributed by atoms with van der Waals surface area (Å²) < 4.78 is 11.3. The average molecular weight is 257 g/mol. The molecule has 3 nitrogen and oxygen atoms in total. The summed E-state index contributed by atoms with van der Waals surface area (Å²) in [7, 11) is 0. The zero-order valence-corrected chi connectivity index (χ0v) is 11.1. The maximum Gasteiger partial charge on any atom is 0.122 e. The molecule has 0 radical (unpaired) electrons. The fraction of sp³-hybridized carbons (Fsp3) is 0.250. The minimum Gasteiger partial charge on any atom is -0.490 e. The molecule has 0 aliphatic carbocycles. The number of hydrogen-bond acceptors (Lipinski definition) is 3. The summed E-state index contributed by atoms with van der Waals surface area (Å²) >= 11 is 0. The first-order valence-corrected chi connectivity index (χ1v) is 6.48. The second-order valence-electron chi connectivity index (χ2n) is 4.23. The summed E-state index contributed by atoms with van der Waals surface area (Å²) in [6.45, 7) is 3.16. The van der Waals surface area contributed by atoms with Crippen LogP contribution in [0.5, 0.6) is 11.5 Å². The summed E-state index contributed by atoms with van der Waals surface area (Å²) in [5, 5.41) is 0. The molecule has 0 saturated heterocycles. The van der Waals surface area contributed by atoms with Crippen LogP contribution in [0.3, 0.4) is 0 Å². The molecule has 100 valence electrons. The van der Waals surface area contributed by atoms with Crippen molar-refractivity contribution in [2.75, 3.05) is 18.9 Å². The summed E-state index contributed by atoms with van der Waals surface area (Å²) in [5.41, 5.74) is 7.56. The first-order chi connectivity index (χ1) is 9.29. The van der Waals surface area contributed by atoms with E-state index in [2.05, 4.69) is 13.0 Å². The van der Waals surface area contributed by atoms with Gasteiger partial charge in [-0.15, -0.1) is 0 Å². The first kappa shape index (κ1) is 13.3. The molecule has 0 spiro atoms. The molecule has 0 aliphatic heterocycles. The Morgan fingerprint density at radius 3 is 2.32 bits per heavy atom. The minimum absolute atomic E-state index is 0.516. The quantitative estimate of drug-likeness (QED) is 0.638. The topological polar surface area (TPSA) is 44.5 Å². The van der Waals surface area contributed by atoms with E-state index in [1.165, 1.54) is 5.56 Å². The molecule has 0 bridgehead atoms. The Morgan fingerprint density at radius 1 is 0.895 bits per heavy atom. The Morgan fingerprint density at radius 2 is 1.58 bits per heavy atom. The molecular weight excluding hydrogens is 238 g/mol. The zero-order chi connectivity index (χ0) is 13.5. The van der Waals surface area contributed by atoms with Gasteiger partial charge in [-0.2, -0.15) is 0 Å². The lowest BCUT2D eigenvalue weighted by Crippen LogP contribution is -2.09. The Labute approximate surface area is 114 Å². The van der Waals surface area contributed by atoms with E-state index in [1.54, 1.807) is 0 Å². The van der Waals surface area contributed by atoms with Crippen LogP contribution in [0.2, 0.25) is 0 Å². The van der Waals surface area contributed by atoms with Crippen molar-refractivity contribution in [3.8, 4) is 11.5 Å². The van der Waals surface area contributed by atoms with E-state index < -0.39 is 0 Å². The Kier molecular flexibility index (Phi) is 4.67. The molecule has 0 aromatic heterocycles. The molecule has 2 aromatic rings. The standard InChI is InChI=1S/C16H19NO2/c1-2-13-5-3-4-6-16(13)19-12-11-18-15-9-7-14(17)8-10-15/h3-10H,2,11-12,17H2,1H3. The molecule has 0 amide bonds. The molecule has 0 atom stereocenters. The first-order valence-electron chi connectivity index (χ1n) is 6.48. The minimum atomic E-state index is 0.516. The second-order valence-corrected chi connectivity index (χ2v) is 4.23. The van der Waals surface area contributed by atoms with Gasteiger partial charge in [-0.25, -0.2) is 0 Å². The molecule has 2 aromatic carbocycles. The van der Waals surface area contributed by atoms with Gasteiger partial charge in [-0.05, 0) is 42.3 Å². The zero-order valence-electron chi connectivity index (χ0n) is 11.1. The van der Waals surface area contributed by atoms with Crippen LogP contribution >= 0.6 is 0 Å². The highest BCUT2D eigenvalue weighted by molar-refractivity contribution is 5.41. The van der Waals surface area contributed by atoms with Crippen molar-refractivity contribution >= 4 is 5.69 Å². The van der Waals surface area contributed by atoms with Crippen LogP contribution in [0.4, 0.5) is 5.69 Å². The Balaban J connectivity index is 1.79. The molecule has 0 aliphatic rings. The Hall–Kier alpha value is -2.16. The van der Waals surface area contributed by atoms with Crippen LogP contribution in [-0.4, -0.2) is 13.2 Å². The fourth-order valence-electron chi connectivity index (χ4n) is 1.81. The van der Waals surface area contributed by atoms with E-state index in [0.717, 1.165) is 23.6 Å². The van der Waals surface area contributed by atoms with E-state index in [0.29, 0.717) is 13.2 Å². The van der Waals surface area contributed by atoms with Crippen molar-refractivity contribution in [2.24, 2.45) is 0 Å². The lowest BCUT2D eigenvalue weighted by molar-refractivity contribution is 0.216. The van der Waals surface area contributed by atoms with Gasteiger partial charge in [-0.3, -0.25) is 0 Å². The highest BCUT2D eigenvalue weighted by atomic mass is 16.5. The van der Waals surface area contributed by atoms with Crippen molar-refractivity contribution in [2.45, 2.75) is 13.3 Å². The number of ether oxygens (including phenoxy) is 2. The van der Waals surface area contributed by atoms with Gasteiger partial charge < -0.3 is 15.2 Å². The molecule has 0 heterocycles. The van der Waals surface area contributed by atoms with Gasteiger partial charge in [0.1, 0.15) is 24.7 Å². The number of rotatable bonds is 6. The molecule has 2 N–H and O–H groups in total. The Bertz CT molecular complexity index is 508. The third-order valence-electron chi connectivity index (χ3n) is 2.84. The number of benzene rings is 2. The number of para-hydroxylation sites is 1. The average Bonchev–Trinajstić information content (AvgIpc) is 2.46. The van der Waals surface area contributed by atoms with E-state index >= 15 is 0 Å². The predicted molar refractivity (Wildman–Crippen MR) is 77.7 cm³/mol. The van der Waals surface area contributed by atoms with Crippen LogP contribution in [-0.2, 0) is 6.42 Å². The second kappa shape index (κ2) is 6.69. The largest absolute Gasteiger partial charge is 0.490 e. The van der Waals surface area contributed by atoms with Gasteiger partial charge in [0.2, 0.25) is 0 Å². The highest BCUT2D eigenvalue weighted by Crippen LogP contribution is 2.18. The number of aryl methyl sites for hydroxylation is 1. The van der Waals surface area contributed by atoms with Crippen LogP contribution in [0.1, 0.15) is 12.5 Å². The number of hydrogen-bond donors (Lipinski definition) is 1. The third-order valence-corrected chi connectivity index (χ3v) is 2.84. The smallest absolute Gasteiger partial charge is 0.122 e. The fourth-order valence-corrected chi connectivity index (χ4v) is 1.81. The van der Waals surface area contributed by atoms with Gasteiger partial charge in [0.25, 0.3) is 0 Å². The van der Waals surface area contributed by atoms with Crippen molar-refractivity contribution in [1.82, 2.24) is 0 Å². The SMILES string of the molecule is CCc1ccccc1OCCOc1ccc(N)cc1. The summed E-state index contributed by atoms with van der Waals surface area (Å²) in [6, 6.07) is 15.4. The van der Waals surface area contributed by atoms with Crippen molar-refractivity contribution < 1.29 is 9.47 Å². The summed E-state index contributed by atoms with van der Waals surface area (Å²) in [6.07, 6.45) is 0.967. The molecule has 2 rings (SSSR count). The van der Waals surface area contributed by atoms with Crippen LogP contribution in [0.25, 0.3) is 0 Å². The van der Waals surface area contributed by atoms with Crippen LogP contribution in [0.15, 0.2) is 48.5 Å². The van der Waals surface area contributed by atoms with E-state index in [4.69, 9.17) is 15.2 Å². The van der Waals surface area contributed by atoms with Gasteiger partial charge in [0.05, 0.1) is 0 Å². The van der Waals surface area contributed by atoms with Crippen molar-refractivity contribution in [3.63, 3.8) is 0 Å². The van der Waals surface area contributed by atoms with Gasteiger partial charge in [-0.1, -0.05) is 25.1 Å². The summed E-state index contributed by atoms with van der Waals surface area (Å²) in [5.74, 6) is 1.74. The molecule has 0 saturated carbocycles. The van der Waals surface area contributed by atoms with Crippen molar-refractivity contribution in [1.29, 1.82) is 0 Å². The van der Waals surface area contributed by atoms with Crippen molar-refractivity contribution in [3.05, 3.63) is 54.1 Å². The van der Waals surface area contributed by atoms with Crippen LogP contribution < -0.4 is 15.2 Å². The maximum atomic E-state index is 5.72. The predicted octanol–water partition coefficient (Wildman–Crippen LogP) is 3.29. The third kappa shape index (κ3) is 3.91. The van der Waals surface area contributed by atoms with Gasteiger partial charge in [0.15, 0.2) is 0 Å². The lowest BCUT2D eigenvalue weighted by Gasteiger charge is -2.11. The molecule has 3 heteroatoms. The number of anilines is 1. The van der Waals surface area contributed by atoms with Crippen LogP contribution in [0, 0.1) is 0 Å². The molecule has 19 heavy (non-hydrogen) atoms.